The molecule has 8 nitrogen and oxygen atoms in total. The first-order valence-electron chi connectivity index (χ1n) is 13.8. The van der Waals surface area contributed by atoms with Crippen molar-refractivity contribution >= 4 is 34.9 Å². The van der Waals surface area contributed by atoms with Crippen molar-refractivity contribution in [1.29, 1.82) is 0 Å². The Morgan fingerprint density at radius 3 is 2.72 bits per heavy atom. The fraction of sp³-hybridized carbons (Fsp3) is 0.519. The Labute approximate surface area is 221 Å². The molecule has 1 aromatic heterocycles. The summed E-state index contributed by atoms with van der Waals surface area (Å²) in [5.74, 6) is 0.742. The Kier molecular flexibility index (Phi) is 5.54. The van der Waals surface area contributed by atoms with Crippen LogP contribution in [0, 0.1) is 0 Å². The lowest BCUT2D eigenvalue weighted by Gasteiger charge is -2.38. The van der Waals surface area contributed by atoms with Crippen molar-refractivity contribution < 1.29 is 23.5 Å². The van der Waals surface area contributed by atoms with Crippen molar-refractivity contribution in [1.82, 2.24) is 9.88 Å². The Bertz CT molecular complexity index is 1290. The molecule has 2 amide bonds. The molecule has 192 valence electrons. The van der Waals surface area contributed by atoms with E-state index in [0.29, 0.717) is 79.8 Å². The number of amides is 2. The number of likely N-dealkylation sites (N-methyl/N-ethyl adjacent to an activating group) is 1. The van der Waals surface area contributed by atoms with Crippen LogP contribution in [0.5, 0.6) is 5.75 Å². The van der Waals surface area contributed by atoms with Crippen LogP contribution < -0.4 is 14.5 Å². The number of anilines is 2. The number of fused-ring (bicyclic) bond motifs is 3. The van der Waals surface area contributed by atoms with Crippen molar-refractivity contribution in [3.63, 3.8) is 0 Å². The number of benzene rings is 1. The molecular formula is C27H33ClN4O4. The maximum Gasteiger partial charge on any atom is 0.237 e. The van der Waals surface area contributed by atoms with Crippen LogP contribution in [0.25, 0.3) is 0 Å². The van der Waals surface area contributed by atoms with Gasteiger partial charge in [-0.15, -0.1) is 0 Å². The average molecular weight is 516 g/mol. The smallest absolute Gasteiger partial charge is 0.237 e. The summed E-state index contributed by atoms with van der Waals surface area (Å²) in [6, 6.07) is 6.89. The quantitative estimate of drug-likeness (QED) is 0.636. The Morgan fingerprint density at radius 1 is 1.22 bits per heavy atom. The molecule has 2 aromatic rings. The highest BCUT2D eigenvalue weighted by atomic mass is 35.5. The lowest BCUT2D eigenvalue weighted by atomic mass is 9.73. The Balaban J connectivity index is 1.21. The second-order valence-electron chi connectivity index (χ2n) is 10.5. The summed E-state index contributed by atoms with van der Waals surface area (Å²) in [6.45, 7) is 3.22. The van der Waals surface area contributed by atoms with Crippen LogP contribution in [-0.4, -0.2) is 72.2 Å². The van der Waals surface area contributed by atoms with Gasteiger partial charge in [0, 0.05) is 34.8 Å². The van der Waals surface area contributed by atoms with E-state index in [1.54, 1.807) is 38.2 Å². The lowest BCUT2D eigenvalue weighted by Crippen LogP contribution is -2.48. The van der Waals surface area contributed by atoms with Gasteiger partial charge in [-0.1, -0.05) is 11.6 Å². The fourth-order valence-corrected chi connectivity index (χ4v) is 5.66. The predicted molar refractivity (Wildman–Crippen MR) is 139 cm³/mol. The number of hydrogen-bond donors (Lipinski definition) is 1. The summed E-state index contributed by atoms with van der Waals surface area (Å²) in [6.07, 6.45) is 3.52. The van der Waals surface area contributed by atoms with E-state index in [9.17, 15) is 14.7 Å². The summed E-state index contributed by atoms with van der Waals surface area (Å²) < 4.78 is 29.7. The van der Waals surface area contributed by atoms with Gasteiger partial charge < -0.3 is 14.7 Å². The third kappa shape index (κ3) is 4.58. The number of aryl methyl sites for hydroxylation is 1. The number of likely N-dealkylation sites (tertiary alicyclic amines) is 1. The Morgan fingerprint density at radius 2 is 2.00 bits per heavy atom. The summed E-state index contributed by atoms with van der Waals surface area (Å²) in [5, 5.41) is 10.7. The summed E-state index contributed by atoms with van der Waals surface area (Å²) >= 11 is 6.25. The monoisotopic (exact) mass is 515 g/mol. The summed E-state index contributed by atoms with van der Waals surface area (Å²) in [4.78, 5) is 35.1. The van der Waals surface area contributed by atoms with E-state index in [1.807, 2.05) is 6.07 Å². The van der Waals surface area contributed by atoms with Crippen LogP contribution >= 0.6 is 11.6 Å². The number of aliphatic hydroxyl groups is 1. The molecule has 3 aliphatic rings. The van der Waals surface area contributed by atoms with Crippen molar-refractivity contribution in [2.75, 3.05) is 49.6 Å². The molecule has 0 radical (unpaired) electrons. The standard InChI is InChI=1S/C27H33ClN4O4/c1-26(2,35)17-32-23(33)7-4-18-14-20(16-29-24(18)32)36-13-12-31-10-8-27(9-11-31)21-15-19(28)5-6-22(21)30(3)25(27)34/h5-6,14-16,35H,4,7-13,17H2,1-3H3/i3D3. The number of ether oxygens (including phenoxy) is 1. The highest BCUT2D eigenvalue weighted by Gasteiger charge is 2.50. The topological polar surface area (TPSA) is 86.2 Å². The minimum absolute atomic E-state index is 0.0544. The highest BCUT2D eigenvalue weighted by Crippen LogP contribution is 2.48. The Hall–Kier alpha value is -2.68. The average Bonchev–Trinajstić information content (AvgIpc) is 3.09. The largest absolute Gasteiger partial charge is 0.491 e. The zero-order chi connectivity index (χ0) is 28.2. The number of hydrogen-bond acceptors (Lipinski definition) is 6. The molecular weight excluding hydrogens is 480 g/mol. The highest BCUT2D eigenvalue weighted by molar-refractivity contribution is 6.31. The predicted octanol–water partition coefficient (Wildman–Crippen LogP) is 3.17. The van der Waals surface area contributed by atoms with Crippen molar-refractivity contribution in [2.45, 2.75) is 50.5 Å². The third-order valence-corrected chi connectivity index (χ3v) is 7.58. The molecule has 0 saturated carbocycles. The number of nitrogens with zero attached hydrogens (tertiary/aromatic N) is 4. The van der Waals surface area contributed by atoms with E-state index in [-0.39, 0.29) is 18.4 Å². The molecule has 1 fully saturated rings. The van der Waals surface area contributed by atoms with Crippen LogP contribution in [0.15, 0.2) is 30.5 Å². The van der Waals surface area contributed by atoms with E-state index in [0.717, 1.165) is 10.5 Å². The molecule has 0 unspecified atom stereocenters. The first-order chi connectivity index (χ1) is 18.3. The molecule has 5 rings (SSSR count). The van der Waals surface area contributed by atoms with Crippen molar-refractivity contribution in [2.24, 2.45) is 0 Å². The number of halogens is 1. The van der Waals surface area contributed by atoms with Gasteiger partial charge in [0.2, 0.25) is 11.8 Å². The van der Waals surface area contributed by atoms with Gasteiger partial charge >= 0.3 is 0 Å². The van der Waals surface area contributed by atoms with Crippen LogP contribution in [0.4, 0.5) is 11.5 Å². The van der Waals surface area contributed by atoms with E-state index in [1.165, 1.54) is 4.90 Å². The van der Waals surface area contributed by atoms with Gasteiger partial charge in [-0.2, -0.15) is 0 Å². The molecule has 1 aromatic carbocycles. The molecule has 1 N–H and O–H groups in total. The number of aromatic nitrogens is 1. The number of pyridine rings is 1. The molecule has 1 saturated heterocycles. The van der Waals surface area contributed by atoms with Gasteiger partial charge in [0.05, 0.1) is 23.8 Å². The molecule has 3 aliphatic heterocycles. The lowest BCUT2D eigenvalue weighted by molar-refractivity contribution is -0.124. The normalized spacial score (nSPS) is 21.2. The number of rotatable bonds is 6. The van der Waals surface area contributed by atoms with Crippen molar-refractivity contribution in [3.8, 4) is 5.75 Å². The van der Waals surface area contributed by atoms with E-state index in [4.69, 9.17) is 20.5 Å². The first kappa shape index (κ1) is 21.4. The van der Waals surface area contributed by atoms with Crippen molar-refractivity contribution in [3.05, 3.63) is 46.6 Å². The maximum absolute atomic E-state index is 13.5. The zero-order valence-electron chi connectivity index (χ0n) is 23.6. The molecule has 0 bridgehead atoms. The van der Waals surface area contributed by atoms with Gasteiger partial charge in [0.25, 0.3) is 0 Å². The summed E-state index contributed by atoms with van der Waals surface area (Å²) in [7, 11) is 0. The fourth-order valence-electron chi connectivity index (χ4n) is 5.49. The molecule has 36 heavy (non-hydrogen) atoms. The van der Waals surface area contributed by atoms with Crippen LogP contribution in [0.1, 0.15) is 48.3 Å². The van der Waals surface area contributed by atoms with Crippen LogP contribution in [0.3, 0.4) is 0 Å². The summed E-state index contributed by atoms with van der Waals surface area (Å²) in [5.41, 5.74) is 0.109. The van der Waals surface area contributed by atoms with Crippen LogP contribution in [-0.2, 0) is 21.4 Å². The maximum atomic E-state index is 13.5. The van der Waals surface area contributed by atoms with Gasteiger partial charge in [-0.3, -0.25) is 19.4 Å². The molecule has 9 heteroatoms. The van der Waals surface area contributed by atoms with E-state index >= 15 is 0 Å². The zero-order valence-corrected chi connectivity index (χ0v) is 21.3. The number of carbonyl (C=O) groups is 2. The molecule has 0 aliphatic carbocycles. The first-order valence-corrected chi connectivity index (χ1v) is 12.7. The third-order valence-electron chi connectivity index (χ3n) is 7.34. The number of β-amino-alcohol motifs (C(OH)–C–C–N with tert-alkyl or cyclic N) is 1. The minimum Gasteiger partial charge on any atom is -0.491 e. The molecule has 4 heterocycles. The minimum atomic E-state index is -2.56. The SMILES string of the molecule is [2H]C([2H])([2H])N1C(=O)C2(CCN(CCOc3cnc4c(c3)CCC(=O)N4CC(C)(C)O)CC2)c2cc(Cl)ccc21. The van der Waals surface area contributed by atoms with Gasteiger partial charge in [-0.05, 0) is 81.6 Å². The number of piperidine rings is 1. The molecule has 1 spiro atoms. The second kappa shape index (κ2) is 9.32. The van der Waals surface area contributed by atoms with Gasteiger partial charge in [0.15, 0.2) is 0 Å². The van der Waals surface area contributed by atoms with E-state index in [2.05, 4.69) is 9.88 Å². The second-order valence-corrected chi connectivity index (χ2v) is 11.0. The van der Waals surface area contributed by atoms with Gasteiger partial charge in [-0.25, -0.2) is 4.98 Å². The number of carbonyl (C=O) groups excluding carboxylic acids is 2. The van der Waals surface area contributed by atoms with E-state index < -0.39 is 18.0 Å². The molecule has 0 atom stereocenters. The van der Waals surface area contributed by atoms with Gasteiger partial charge in [0.1, 0.15) is 18.2 Å². The van der Waals surface area contributed by atoms with Crippen LogP contribution in [0.2, 0.25) is 5.02 Å².